The number of ether oxygens (including phenoxy) is 1. The maximum absolute atomic E-state index is 13.6. The predicted molar refractivity (Wildman–Crippen MR) is 72.7 cm³/mol. The van der Waals surface area contributed by atoms with Crippen molar-refractivity contribution < 1.29 is 13.9 Å². The van der Waals surface area contributed by atoms with Crippen LogP contribution in [-0.2, 0) is 0 Å². The van der Waals surface area contributed by atoms with Crippen molar-refractivity contribution in [1.29, 1.82) is 0 Å². The standard InChI is InChI=1S/C15H14FNO2/c1-10(18)12-5-3-4-6-14(12)17-11-7-8-15(19-2)13(16)9-11/h3-9,17H,1-2H3. The van der Waals surface area contributed by atoms with Crippen molar-refractivity contribution in [2.24, 2.45) is 0 Å². The van der Waals surface area contributed by atoms with Crippen LogP contribution < -0.4 is 10.1 Å². The second kappa shape index (κ2) is 5.52. The minimum Gasteiger partial charge on any atom is -0.494 e. The number of nitrogens with one attached hydrogen (secondary N) is 1. The van der Waals surface area contributed by atoms with Gasteiger partial charge in [-0.25, -0.2) is 4.39 Å². The molecule has 0 fully saturated rings. The molecule has 0 heterocycles. The number of halogens is 1. The third-order valence-electron chi connectivity index (χ3n) is 2.74. The molecule has 0 aliphatic heterocycles. The van der Waals surface area contributed by atoms with Gasteiger partial charge >= 0.3 is 0 Å². The van der Waals surface area contributed by atoms with Crippen LogP contribution >= 0.6 is 0 Å². The lowest BCUT2D eigenvalue weighted by atomic mass is 10.1. The molecule has 0 atom stereocenters. The zero-order valence-corrected chi connectivity index (χ0v) is 10.7. The maximum Gasteiger partial charge on any atom is 0.167 e. The summed E-state index contributed by atoms with van der Waals surface area (Å²) in [7, 11) is 1.41. The van der Waals surface area contributed by atoms with Crippen molar-refractivity contribution in [3.63, 3.8) is 0 Å². The fourth-order valence-corrected chi connectivity index (χ4v) is 1.80. The number of carbonyl (C=O) groups is 1. The van der Waals surface area contributed by atoms with Crippen molar-refractivity contribution in [1.82, 2.24) is 0 Å². The van der Waals surface area contributed by atoms with Crippen molar-refractivity contribution in [2.45, 2.75) is 6.92 Å². The first-order valence-corrected chi connectivity index (χ1v) is 5.82. The van der Waals surface area contributed by atoms with Gasteiger partial charge in [0.1, 0.15) is 0 Å². The first-order chi connectivity index (χ1) is 9.11. The lowest BCUT2D eigenvalue weighted by Crippen LogP contribution is -2.00. The van der Waals surface area contributed by atoms with Crippen molar-refractivity contribution >= 4 is 17.2 Å². The number of anilines is 2. The molecule has 2 aromatic carbocycles. The van der Waals surface area contributed by atoms with Crippen LogP contribution in [-0.4, -0.2) is 12.9 Å². The molecule has 0 amide bonds. The molecular formula is C15H14FNO2. The van der Waals surface area contributed by atoms with E-state index in [2.05, 4.69) is 5.32 Å². The van der Waals surface area contributed by atoms with E-state index in [1.54, 1.807) is 24.3 Å². The van der Waals surface area contributed by atoms with E-state index < -0.39 is 5.82 Å². The highest BCUT2D eigenvalue weighted by Crippen LogP contribution is 2.25. The van der Waals surface area contributed by atoms with E-state index in [0.717, 1.165) is 0 Å². The molecule has 3 nitrogen and oxygen atoms in total. The smallest absolute Gasteiger partial charge is 0.167 e. The second-order valence-electron chi connectivity index (χ2n) is 4.08. The van der Waals surface area contributed by atoms with Crippen LogP contribution in [0.1, 0.15) is 17.3 Å². The highest BCUT2D eigenvalue weighted by Gasteiger charge is 2.08. The molecule has 0 bridgehead atoms. The largest absolute Gasteiger partial charge is 0.494 e. The van der Waals surface area contributed by atoms with E-state index in [4.69, 9.17) is 4.74 Å². The van der Waals surface area contributed by atoms with E-state index in [1.165, 1.54) is 26.2 Å². The van der Waals surface area contributed by atoms with Gasteiger partial charge in [-0.3, -0.25) is 4.79 Å². The van der Waals surface area contributed by atoms with Crippen LogP contribution in [0.4, 0.5) is 15.8 Å². The number of benzene rings is 2. The molecule has 19 heavy (non-hydrogen) atoms. The topological polar surface area (TPSA) is 38.3 Å². The molecule has 0 aliphatic rings. The Kier molecular flexibility index (Phi) is 3.80. The Bertz CT molecular complexity index is 611. The Morgan fingerprint density at radius 1 is 1.21 bits per heavy atom. The van der Waals surface area contributed by atoms with Crippen LogP contribution in [0.15, 0.2) is 42.5 Å². The van der Waals surface area contributed by atoms with Gasteiger partial charge in [-0.05, 0) is 31.2 Å². The van der Waals surface area contributed by atoms with Gasteiger partial charge in [-0.1, -0.05) is 12.1 Å². The third kappa shape index (κ3) is 2.91. The zero-order valence-electron chi connectivity index (χ0n) is 10.7. The number of hydrogen-bond donors (Lipinski definition) is 1. The average molecular weight is 259 g/mol. The summed E-state index contributed by atoms with van der Waals surface area (Å²) in [4.78, 5) is 11.5. The molecule has 4 heteroatoms. The minimum atomic E-state index is -0.451. The molecule has 0 unspecified atom stereocenters. The van der Waals surface area contributed by atoms with Crippen LogP contribution in [0.3, 0.4) is 0 Å². The Balaban J connectivity index is 2.31. The summed E-state index contributed by atoms with van der Waals surface area (Å²) in [6.07, 6.45) is 0. The monoisotopic (exact) mass is 259 g/mol. The van der Waals surface area contributed by atoms with Crippen molar-refractivity contribution in [3.8, 4) is 5.75 Å². The summed E-state index contributed by atoms with van der Waals surface area (Å²) < 4.78 is 18.4. The van der Waals surface area contributed by atoms with E-state index >= 15 is 0 Å². The van der Waals surface area contributed by atoms with Crippen LogP contribution in [0.2, 0.25) is 0 Å². The summed E-state index contributed by atoms with van der Waals surface area (Å²) >= 11 is 0. The molecule has 2 aromatic rings. The fourth-order valence-electron chi connectivity index (χ4n) is 1.80. The molecule has 98 valence electrons. The van der Waals surface area contributed by atoms with Gasteiger partial charge < -0.3 is 10.1 Å². The molecule has 1 N–H and O–H groups in total. The number of ketones is 1. The third-order valence-corrected chi connectivity index (χ3v) is 2.74. The van der Waals surface area contributed by atoms with Crippen LogP contribution in [0, 0.1) is 5.82 Å². The van der Waals surface area contributed by atoms with Gasteiger partial charge in [0.15, 0.2) is 17.3 Å². The van der Waals surface area contributed by atoms with E-state index in [1.807, 2.05) is 6.07 Å². The summed E-state index contributed by atoms with van der Waals surface area (Å²) in [5, 5.41) is 3.03. The van der Waals surface area contributed by atoms with Gasteiger partial charge in [-0.2, -0.15) is 0 Å². The highest BCUT2D eigenvalue weighted by molar-refractivity contribution is 6.00. The molecule has 0 saturated carbocycles. The summed E-state index contributed by atoms with van der Waals surface area (Å²) in [5.41, 5.74) is 1.78. The van der Waals surface area contributed by atoms with E-state index in [0.29, 0.717) is 16.9 Å². The normalized spacial score (nSPS) is 10.1. The number of Topliss-reactive ketones (excluding diaryl/α,β-unsaturated/α-hetero) is 1. The SMILES string of the molecule is COc1ccc(Nc2ccccc2C(C)=O)cc1F. The first-order valence-electron chi connectivity index (χ1n) is 5.82. The van der Waals surface area contributed by atoms with Gasteiger partial charge in [0.2, 0.25) is 0 Å². The number of carbonyl (C=O) groups excluding carboxylic acids is 1. The van der Waals surface area contributed by atoms with Gasteiger partial charge in [0.25, 0.3) is 0 Å². The number of methoxy groups -OCH3 is 1. The molecular weight excluding hydrogens is 245 g/mol. The molecule has 0 saturated heterocycles. The van der Waals surface area contributed by atoms with Gasteiger partial charge in [-0.15, -0.1) is 0 Å². The van der Waals surface area contributed by atoms with E-state index in [9.17, 15) is 9.18 Å². The predicted octanol–water partition coefficient (Wildman–Crippen LogP) is 3.78. The molecule has 0 aromatic heterocycles. The molecule has 2 rings (SSSR count). The minimum absolute atomic E-state index is 0.0444. The maximum atomic E-state index is 13.6. The lowest BCUT2D eigenvalue weighted by Gasteiger charge is -2.11. The molecule has 0 aliphatic carbocycles. The Labute approximate surface area is 111 Å². The Morgan fingerprint density at radius 2 is 1.95 bits per heavy atom. The van der Waals surface area contributed by atoms with Gasteiger partial charge in [0, 0.05) is 23.0 Å². The number of hydrogen-bond acceptors (Lipinski definition) is 3. The Hall–Kier alpha value is -2.36. The zero-order chi connectivity index (χ0) is 13.8. The van der Waals surface area contributed by atoms with Gasteiger partial charge in [0.05, 0.1) is 7.11 Å². The van der Waals surface area contributed by atoms with Crippen molar-refractivity contribution in [2.75, 3.05) is 12.4 Å². The summed E-state index contributed by atoms with van der Waals surface area (Å²) in [6.45, 7) is 1.50. The second-order valence-corrected chi connectivity index (χ2v) is 4.08. The van der Waals surface area contributed by atoms with Crippen LogP contribution in [0.25, 0.3) is 0 Å². The van der Waals surface area contributed by atoms with Crippen molar-refractivity contribution in [3.05, 3.63) is 53.8 Å². The fraction of sp³-hybridized carbons (Fsp3) is 0.133. The van der Waals surface area contributed by atoms with Crippen LogP contribution in [0.5, 0.6) is 5.75 Å². The first kappa shape index (κ1) is 13.1. The molecule has 0 radical (unpaired) electrons. The number of para-hydroxylation sites is 1. The quantitative estimate of drug-likeness (QED) is 0.849. The van der Waals surface area contributed by atoms with E-state index in [-0.39, 0.29) is 11.5 Å². The highest BCUT2D eigenvalue weighted by atomic mass is 19.1. The summed E-state index contributed by atoms with van der Waals surface area (Å²) in [6, 6.07) is 11.7. The number of rotatable bonds is 4. The Morgan fingerprint density at radius 3 is 2.58 bits per heavy atom. The summed E-state index contributed by atoms with van der Waals surface area (Å²) in [5.74, 6) is -0.310. The average Bonchev–Trinajstić information content (AvgIpc) is 2.39. The molecule has 0 spiro atoms. The lowest BCUT2D eigenvalue weighted by molar-refractivity contribution is 0.101.